The summed E-state index contributed by atoms with van der Waals surface area (Å²) in [5, 5.41) is 10.4. The molecule has 0 aliphatic carbocycles. The van der Waals surface area contributed by atoms with Gasteiger partial charge in [0.1, 0.15) is 5.82 Å². The Balaban J connectivity index is 2.13. The lowest BCUT2D eigenvalue weighted by atomic mass is 10.3. The maximum atomic E-state index is 5.87. The lowest BCUT2D eigenvalue weighted by molar-refractivity contribution is 0.961. The molecule has 2 rings (SSSR count). The van der Waals surface area contributed by atoms with Crippen LogP contribution in [0.25, 0.3) is 10.6 Å². The van der Waals surface area contributed by atoms with Gasteiger partial charge in [0.25, 0.3) is 0 Å². The molecule has 0 spiro atoms. The normalized spacial score (nSPS) is 10.5. The fourth-order valence-corrected chi connectivity index (χ4v) is 2.26. The van der Waals surface area contributed by atoms with Crippen LogP contribution in [0.15, 0.2) is 18.2 Å². The van der Waals surface area contributed by atoms with E-state index >= 15 is 0 Å². The summed E-state index contributed by atoms with van der Waals surface area (Å²) in [5.41, 5.74) is 1.01. The Labute approximate surface area is 97.5 Å². The molecule has 0 aliphatic heterocycles. The summed E-state index contributed by atoms with van der Waals surface area (Å²) in [4.78, 5) is 1.11. The van der Waals surface area contributed by atoms with E-state index in [4.69, 9.17) is 11.6 Å². The fourth-order valence-electron chi connectivity index (χ4n) is 1.25. The second-order valence-electron chi connectivity index (χ2n) is 3.20. The van der Waals surface area contributed by atoms with Gasteiger partial charge < -0.3 is 5.32 Å². The molecule has 0 fully saturated rings. The number of anilines is 1. The van der Waals surface area contributed by atoms with Crippen LogP contribution >= 0.6 is 22.9 Å². The second kappa shape index (κ2) is 4.68. The number of thiophene rings is 1. The largest absolute Gasteiger partial charge is 0.369 e. The SMILES string of the molecule is CCCNc1cc(-c2ccc(Cl)s2)[nH]n1. The molecule has 0 atom stereocenters. The van der Waals surface area contributed by atoms with Crippen molar-refractivity contribution in [2.75, 3.05) is 11.9 Å². The summed E-state index contributed by atoms with van der Waals surface area (Å²) in [5.74, 6) is 0.886. The molecule has 5 heteroatoms. The third-order valence-corrected chi connectivity index (χ3v) is 3.24. The van der Waals surface area contributed by atoms with Crippen LogP contribution in [-0.4, -0.2) is 16.7 Å². The van der Waals surface area contributed by atoms with Crippen molar-refractivity contribution in [1.82, 2.24) is 10.2 Å². The molecule has 0 aromatic carbocycles. The van der Waals surface area contributed by atoms with Crippen molar-refractivity contribution >= 4 is 28.8 Å². The highest BCUT2D eigenvalue weighted by molar-refractivity contribution is 7.19. The zero-order valence-electron chi connectivity index (χ0n) is 8.38. The molecule has 0 bridgehead atoms. The standard InChI is InChI=1S/C10H12ClN3S/c1-2-5-12-10-6-7(13-14-10)8-3-4-9(11)15-8/h3-4,6H,2,5H2,1H3,(H2,12,13,14). The molecule has 2 heterocycles. The second-order valence-corrected chi connectivity index (χ2v) is 4.91. The molecule has 2 aromatic rings. The maximum absolute atomic E-state index is 5.87. The van der Waals surface area contributed by atoms with Gasteiger partial charge in [-0.1, -0.05) is 18.5 Å². The Morgan fingerprint density at radius 2 is 2.40 bits per heavy atom. The Morgan fingerprint density at radius 1 is 1.53 bits per heavy atom. The predicted octanol–water partition coefficient (Wildman–Crippen LogP) is 3.61. The van der Waals surface area contributed by atoms with E-state index in [1.165, 1.54) is 0 Å². The molecule has 15 heavy (non-hydrogen) atoms. The van der Waals surface area contributed by atoms with E-state index in [1.54, 1.807) is 11.3 Å². The summed E-state index contributed by atoms with van der Waals surface area (Å²) in [6, 6.07) is 5.88. The first-order valence-corrected chi connectivity index (χ1v) is 6.04. The van der Waals surface area contributed by atoms with Crippen LogP contribution in [0.5, 0.6) is 0 Å². The van der Waals surface area contributed by atoms with Gasteiger partial charge in [0.2, 0.25) is 0 Å². The smallest absolute Gasteiger partial charge is 0.148 e. The first kappa shape index (κ1) is 10.5. The lowest BCUT2D eigenvalue weighted by Crippen LogP contribution is -1.99. The summed E-state index contributed by atoms with van der Waals surface area (Å²) < 4.78 is 0.794. The highest BCUT2D eigenvalue weighted by Gasteiger charge is 2.05. The van der Waals surface area contributed by atoms with Crippen LogP contribution in [0.3, 0.4) is 0 Å². The van der Waals surface area contributed by atoms with Gasteiger partial charge in [0, 0.05) is 12.6 Å². The molecule has 2 N–H and O–H groups in total. The number of nitrogens with zero attached hydrogens (tertiary/aromatic N) is 1. The molecular weight excluding hydrogens is 230 g/mol. The average molecular weight is 242 g/mol. The molecule has 0 aliphatic rings. The molecule has 0 radical (unpaired) electrons. The van der Waals surface area contributed by atoms with Gasteiger partial charge in [-0.15, -0.1) is 11.3 Å². The minimum absolute atomic E-state index is 0.794. The van der Waals surface area contributed by atoms with Crippen molar-refractivity contribution in [2.24, 2.45) is 0 Å². The highest BCUT2D eigenvalue weighted by Crippen LogP contribution is 2.30. The highest BCUT2D eigenvalue weighted by atomic mass is 35.5. The molecule has 0 saturated heterocycles. The van der Waals surface area contributed by atoms with E-state index < -0.39 is 0 Å². The first-order valence-electron chi connectivity index (χ1n) is 4.84. The number of H-pyrrole nitrogens is 1. The maximum Gasteiger partial charge on any atom is 0.148 e. The summed E-state index contributed by atoms with van der Waals surface area (Å²) >= 11 is 7.41. The number of aromatic nitrogens is 2. The topological polar surface area (TPSA) is 40.7 Å². The Kier molecular flexibility index (Phi) is 3.28. The Morgan fingerprint density at radius 3 is 3.07 bits per heavy atom. The van der Waals surface area contributed by atoms with E-state index in [-0.39, 0.29) is 0 Å². The Bertz CT molecular complexity index is 435. The number of halogens is 1. The van der Waals surface area contributed by atoms with Crippen LogP contribution in [0, 0.1) is 0 Å². The third kappa shape index (κ3) is 2.52. The van der Waals surface area contributed by atoms with Gasteiger partial charge in [0.15, 0.2) is 0 Å². The minimum atomic E-state index is 0.794. The van der Waals surface area contributed by atoms with E-state index in [0.717, 1.165) is 33.7 Å². The monoisotopic (exact) mass is 241 g/mol. The molecule has 3 nitrogen and oxygen atoms in total. The fraction of sp³-hybridized carbons (Fsp3) is 0.300. The van der Waals surface area contributed by atoms with Gasteiger partial charge in [-0.2, -0.15) is 5.10 Å². The van der Waals surface area contributed by atoms with Gasteiger partial charge in [-0.25, -0.2) is 0 Å². The van der Waals surface area contributed by atoms with Crippen molar-refractivity contribution in [2.45, 2.75) is 13.3 Å². The molecule has 0 saturated carbocycles. The van der Waals surface area contributed by atoms with Crippen LogP contribution in [0.2, 0.25) is 4.34 Å². The zero-order chi connectivity index (χ0) is 10.7. The van der Waals surface area contributed by atoms with E-state index in [1.807, 2.05) is 18.2 Å². The summed E-state index contributed by atoms with van der Waals surface area (Å²) in [6.45, 7) is 3.06. The molecule has 0 unspecified atom stereocenters. The molecule has 0 amide bonds. The predicted molar refractivity (Wildman–Crippen MR) is 65.7 cm³/mol. The van der Waals surface area contributed by atoms with Crippen LogP contribution in [0.4, 0.5) is 5.82 Å². The zero-order valence-corrected chi connectivity index (χ0v) is 9.95. The summed E-state index contributed by atoms with van der Waals surface area (Å²) in [6.07, 6.45) is 1.09. The average Bonchev–Trinajstić information content (AvgIpc) is 2.83. The van der Waals surface area contributed by atoms with E-state index in [0.29, 0.717) is 0 Å². The molecule has 80 valence electrons. The third-order valence-electron chi connectivity index (χ3n) is 1.97. The van der Waals surface area contributed by atoms with Gasteiger partial charge >= 0.3 is 0 Å². The van der Waals surface area contributed by atoms with Crippen molar-refractivity contribution in [1.29, 1.82) is 0 Å². The van der Waals surface area contributed by atoms with Gasteiger partial charge in [-0.3, -0.25) is 5.10 Å². The number of nitrogens with one attached hydrogen (secondary N) is 2. The van der Waals surface area contributed by atoms with Crippen molar-refractivity contribution in [3.05, 3.63) is 22.5 Å². The lowest BCUT2D eigenvalue weighted by Gasteiger charge is -1.96. The number of aromatic amines is 1. The number of hydrogen-bond donors (Lipinski definition) is 2. The first-order chi connectivity index (χ1) is 7.29. The van der Waals surface area contributed by atoms with Crippen molar-refractivity contribution in [3.8, 4) is 10.6 Å². The van der Waals surface area contributed by atoms with E-state index in [9.17, 15) is 0 Å². The minimum Gasteiger partial charge on any atom is -0.369 e. The molecule has 2 aromatic heterocycles. The summed E-state index contributed by atoms with van der Waals surface area (Å²) in [7, 11) is 0. The van der Waals surface area contributed by atoms with Crippen LogP contribution in [0.1, 0.15) is 13.3 Å². The molecular formula is C10H12ClN3S. The van der Waals surface area contributed by atoms with Crippen molar-refractivity contribution in [3.63, 3.8) is 0 Å². The van der Waals surface area contributed by atoms with E-state index in [2.05, 4.69) is 22.4 Å². The van der Waals surface area contributed by atoms with Crippen molar-refractivity contribution < 1.29 is 0 Å². The Hall–Kier alpha value is -1.00. The van der Waals surface area contributed by atoms with Gasteiger partial charge in [-0.05, 0) is 18.6 Å². The van der Waals surface area contributed by atoms with Gasteiger partial charge in [0.05, 0.1) is 14.9 Å². The quantitative estimate of drug-likeness (QED) is 0.859. The van der Waals surface area contributed by atoms with Crippen LogP contribution in [-0.2, 0) is 0 Å². The number of rotatable bonds is 4. The number of hydrogen-bond acceptors (Lipinski definition) is 3. The van der Waals surface area contributed by atoms with Crippen LogP contribution < -0.4 is 5.32 Å².